The van der Waals surface area contributed by atoms with Crippen LogP contribution in [0.4, 0.5) is 45.5 Å². The van der Waals surface area contributed by atoms with Gasteiger partial charge in [0.15, 0.2) is 0 Å². The van der Waals surface area contributed by atoms with E-state index in [9.17, 15) is 59.6 Å². The summed E-state index contributed by atoms with van der Waals surface area (Å²) in [4.78, 5) is 99.0. The summed E-state index contributed by atoms with van der Waals surface area (Å²) >= 11 is 21.7. The van der Waals surface area contributed by atoms with Crippen molar-refractivity contribution in [3.63, 3.8) is 0 Å². The highest BCUT2D eigenvalue weighted by molar-refractivity contribution is 7.82. The largest absolute Gasteiger partial charge is 0.273 e. The Bertz CT molecular complexity index is 3560. The summed E-state index contributed by atoms with van der Waals surface area (Å²) in [5, 5.41) is 42.7. The zero-order chi connectivity index (χ0) is 63.6. The molecule has 4 aliphatic rings. The molecule has 0 bridgehead atoms. The van der Waals surface area contributed by atoms with Crippen LogP contribution in [0.15, 0.2) is 218 Å². The molecule has 12 rings (SSSR count). The van der Waals surface area contributed by atoms with E-state index in [1.807, 2.05) is 121 Å². The lowest BCUT2D eigenvalue weighted by molar-refractivity contribution is -0.385. The molecule has 0 spiro atoms. The van der Waals surface area contributed by atoms with E-state index in [0.29, 0.717) is 42.7 Å². The lowest BCUT2D eigenvalue weighted by Gasteiger charge is -2.47. The Hall–Kier alpha value is -10.4. The van der Waals surface area contributed by atoms with E-state index < -0.39 is 41.4 Å². The Morgan fingerprint density at radius 3 is 0.545 bits per heavy atom. The molecule has 4 amide bonds. The summed E-state index contributed by atoms with van der Waals surface area (Å²) < 4.78 is 0. The maximum absolute atomic E-state index is 12.6. The van der Waals surface area contributed by atoms with Crippen LogP contribution < -0.4 is 19.6 Å². The van der Waals surface area contributed by atoms with Crippen molar-refractivity contribution in [2.45, 2.75) is 49.4 Å². The minimum atomic E-state index is -0.821. The van der Waals surface area contributed by atoms with Gasteiger partial charge in [0, 0.05) is 71.3 Å². The number of nitro groups is 4. The van der Waals surface area contributed by atoms with Crippen LogP contribution in [0.3, 0.4) is 0 Å². The fourth-order valence-electron chi connectivity index (χ4n) is 10.2. The third-order valence-electron chi connectivity index (χ3n) is 15.7. The van der Waals surface area contributed by atoms with Gasteiger partial charge in [-0.05, 0) is 98.5 Å². The zero-order valence-corrected chi connectivity index (χ0v) is 50.2. The molecule has 0 unspecified atom stereocenters. The molecule has 4 saturated heterocycles. The number of hydrogen-bond acceptors (Lipinski definition) is 16. The third-order valence-corrected chi connectivity index (χ3v) is 18.1. The number of benzene rings is 8. The van der Waals surface area contributed by atoms with Gasteiger partial charge in [-0.3, -0.25) is 79.2 Å². The van der Waals surface area contributed by atoms with E-state index in [4.69, 9.17) is 48.9 Å². The topological polar surface area (TPSA) is 254 Å². The van der Waals surface area contributed by atoms with Crippen LogP contribution in [0.1, 0.15) is 49.9 Å². The van der Waals surface area contributed by atoms with E-state index in [2.05, 4.69) is 0 Å². The lowest BCUT2D eigenvalue weighted by Crippen LogP contribution is -2.67. The van der Waals surface area contributed by atoms with Gasteiger partial charge in [-0.15, -0.1) is 0 Å². The second-order valence-electron chi connectivity index (χ2n) is 20.8. The monoisotopic (exact) mass is 1250 g/mol. The molecule has 88 heavy (non-hydrogen) atoms. The molecule has 4 aliphatic heterocycles. The molecular weight excluding hydrogens is 1200 g/mol. The van der Waals surface area contributed by atoms with Gasteiger partial charge in [-0.25, -0.2) is 0 Å². The molecule has 24 heteroatoms. The number of rotatable bonds is 12. The maximum Gasteiger partial charge on any atom is 0.269 e. The highest BCUT2D eigenvalue weighted by atomic mass is 32.1. The average molecular weight is 1250 g/mol. The molecule has 0 N–H and O–H groups in total. The van der Waals surface area contributed by atoms with Gasteiger partial charge < -0.3 is 0 Å². The Kier molecular flexibility index (Phi) is 17.3. The standard InChI is InChI=1S/4C16H12N2O3S/c4*1-16(11-5-3-2-4-6-11)14(19)17(15(16)22)12-7-9-13(10-8-12)18(20)21/h4*2-10H,1H3/t4*16-/m1111/s1. The predicted molar refractivity (Wildman–Crippen MR) is 348 cm³/mol. The van der Waals surface area contributed by atoms with Crippen molar-refractivity contribution in [2.24, 2.45) is 0 Å². The Balaban J connectivity index is 0.000000140. The molecule has 4 heterocycles. The second kappa shape index (κ2) is 24.5. The first-order chi connectivity index (χ1) is 41.8. The molecular formula is C64H48N8O12S4. The number of anilines is 4. The highest BCUT2D eigenvalue weighted by Crippen LogP contribution is 2.45. The van der Waals surface area contributed by atoms with Gasteiger partial charge in [-0.1, -0.05) is 170 Å². The van der Waals surface area contributed by atoms with E-state index in [1.165, 1.54) is 117 Å². The Morgan fingerprint density at radius 1 is 0.273 bits per heavy atom. The van der Waals surface area contributed by atoms with Crippen LogP contribution in [0.2, 0.25) is 0 Å². The molecule has 0 radical (unpaired) electrons. The summed E-state index contributed by atoms with van der Waals surface area (Å²) in [5.41, 5.74) is 2.24. The minimum Gasteiger partial charge on any atom is -0.273 e. The van der Waals surface area contributed by atoms with Gasteiger partial charge in [0.25, 0.3) is 22.7 Å². The molecule has 0 aromatic heterocycles. The minimum absolute atomic E-state index is 0.0199. The summed E-state index contributed by atoms with van der Waals surface area (Å²) in [6.45, 7) is 7.20. The third kappa shape index (κ3) is 10.8. The quantitative estimate of drug-likeness (QED) is 0.0477. The van der Waals surface area contributed by atoms with E-state index >= 15 is 0 Å². The molecule has 440 valence electrons. The average Bonchev–Trinajstić information content (AvgIpc) is 0.805. The second-order valence-corrected chi connectivity index (χ2v) is 22.4. The van der Waals surface area contributed by atoms with Crippen LogP contribution in [0.25, 0.3) is 0 Å². The number of hydrogen-bond donors (Lipinski definition) is 0. The van der Waals surface area contributed by atoms with Crippen molar-refractivity contribution in [3.05, 3.63) is 281 Å². The number of carbonyl (C=O) groups excluding carboxylic acids is 4. The molecule has 8 aromatic rings. The number of nitrogens with zero attached hydrogens (tertiary/aromatic N) is 8. The molecule has 4 atom stereocenters. The van der Waals surface area contributed by atoms with E-state index in [1.54, 1.807) is 27.7 Å². The van der Waals surface area contributed by atoms with Crippen LogP contribution >= 0.6 is 48.9 Å². The van der Waals surface area contributed by atoms with Crippen molar-refractivity contribution < 1.29 is 38.9 Å². The van der Waals surface area contributed by atoms with Crippen LogP contribution in [0, 0.1) is 40.5 Å². The van der Waals surface area contributed by atoms with Gasteiger partial charge >= 0.3 is 0 Å². The summed E-state index contributed by atoms with van der Waals surface area (Å²) in [6.07, 6.45) is 0. The van der Waals surface area contributed by atoms with E-state index in [-0.39, 0.29) is 46.4 Å². The lowest BCUT2D eigenvalue weighted by atomic mass is 9.74. The van der Waals surface area contributed by atoms with Gasteiger partial charge in [0.1, 0.15) is 41.6 Å². The molecule has 0 saturated carbocycles. The number of non-ortho nitro benzene ring substituents is 4. The number of thiocarbonyl (C=S) groups is 4. The van der Waals surface area contributed by atoms with Crippen LogP contribution in [-0.4, -0.2) is 63.3 Å². The molecule has 4 fully saturated rings. The number of nitro benzene ring substituents is 4. The number of β-lactam (4-membered cyclic amide) rings is 4. The SMILES string of the molecule is C[C@@]1(c2ccccc2)C(=O)N(c2ccc([N+](=O)[O-])cc2)C1=S.C[C@@]1(c2ccccc2)C(=O)N(c2ccc([N+](=O)[O-])cc2)C1=S.C[C@@]1(c2ccccc2)C(=O)N(c2ccc([N+](=O)[O-])cc2)C1=S.C[C@@]1(c2ccccc2)C(=O)N(c2ccc([N+](=O)[O-])cc2)C1=S. The zero-order valence-electron chi connectivity index (χ0n) is 46.9. The highest BCUT2D eigenvalue weighted by Gasteiger charge is 2.58. The Labute approximate surface area is 523 Å². The summed E-state index contributed by atoms with van der Waals surface area (Å²) in [5.74, 6) is -0.509. The van der Waals surface area contributed by atoms with Crippen LogP contribution in [-0.2, 0) is 40.8 Å². The summed E-state index contributed by atoms with van der Waals surface area (Å²) in [6, 6.07) is 60.6. The Morgan fingerprint density at radius 2 is 0.420 bits per heavy atom. The van der Waals surface area contributed by atoms with Crippen molar-refractivity contribution in [3.8, 4) is 0 Å². The van der Waals surface area contributed by atoms with Crippen molar-refractivity contribution in [2.75, 3.05) is 19.6 Å². The van der Waals surface area contributed by atoms with Crippen molar-refractivity contribution in [1.29, 1.82) is 0 Å². The first-order valence-corrected chi connectivity index (χ1v) is 28.2. The van der Waals surface area contributed by atoms with Gasteiger partial charge in [-0.2, -0.15) is 0 Å². The molecule has 0 aliphatic carbocycles. The summed E-state index contributed by atoms with van der Waals surface area (Å²) in [7, 11) is 0. The first kappa shape index (κ1) is 62.1. The van der Waals surface area contributed by atoms with Crippen molar-refractivity contribution in [1.82, 2.24) is 0 Å². The fourth-order valence-corrected chi connectivity index (χ4v) is 11.8. The smallest absolute Gasteiger partial charge is 0.269 e. The molecule has 20 nitrogen and oxygen atoms in total. The van der Waals surface area contributed by atoms with Gasteiger partial charge in [0.2, 0.25) is 23.6 Å². The molecule has 8 aromatic carbocycles. The van der Waals surface area contributed by atoms with Crippen molar-refractivity contribution >= 4 is 138 Å². The van der Waals surface area contributed by atoms with E-state index in [0.717, 1.165) is 22.3 Å². The fraction of sp³-hybridized carbons (Fsp3) is 0.125. The normalized spacial score (nSPS) is 20.7. The number of amides is 4. The first-order valence-electron chi connectivity index (χ1n) is 26.6. The predicted octanol–water partition coefficient (Wildman–Crippen LogP) is 12.9. The van der Waals surface area contributed by atoms with Crippen LogP contribution in [0.5, 0.6) is 0 Å². The van der Waals surface area contributed by atoms with Gasteiger partial charge in [0.05, 0.1) is 19.7 Å². The maximum atomic E-state index is 12.6. The number of carbonyl (C=O) groups is 4.